The highest BCUT2D eigenvalue weighted by atomic mass is 35.5. The summed E-state index contributed by atoms with van der Waals surface area (Å²) in [6.45, 7) is 0. The van der Waals surface area contributed by atoms with Gasteiger partial charge >= 0.3 is 6.03 Å². The largest absolute Gasteiger partial charge is 0.323 e. The molecule has 0 aliphatic heterocycles. The number of carbonyl (C=O) groups excluding carboxylic acids is 1. The smallest absolute Gasteiger partial charge is 0.305 e. The molecule has 2 rings (SSSR count). The quantitative estimate of drug-likeness (QED) is 0.848. The minimum absolute atomic E-state index is 0.135. The van der Waals surface area contributed by atoms with Crippen molar-refractivity contribution < 1.29 is 18.0 Å². The standard InChI is InChI=1S/C13H8ClF3N2O/c14-7-1-4-11(10(17)5-7)18-13(20)19-12-6-8(15)2-3-9(12)16/h1-6H,(H2,18,19,20). The monoisotopic (exact) mass is 300 g/mol. The maximum atomic E-state index is 13.4. The van der Waals surface area contributed by atoms with Crippen molar-refractivity contribution in [2.24, 2.45) is 0 Å². The van der Waals surface area contributed by atoms with Crippen molar-refractivity contribution in [3.05, 3.63) is 58.9 Å². The first kappa shape index (κ1) is 14.2. The van der Waals surface area contributed by atoms with Crippen LogP contribution in [0.5, 0.6) is 0 Å². The van der Waals surface area contributed by atoms with Crippen molar-refractivity contribution in [2.75, 3.05) is 10.6 Å². The van der Waals surface area contributed by atoms with Gasteiger partial charge in [0.15, 0.2) is 0 Å². The van der Waals surface area contributed by atoms with Gasteiger partial charge in [-0.05, 0) is 30.3 Å². The van der Waals surface area contributed by atoms with Crippen LogP contribution < -0.4 is 10.6 Å². The summed E-state index contributed by atoms with van der Waals surface area (Å²) in [5, 5.41) is 4.41. The number of urea groups is 1. The van der Waals surface area contributed by atoms with E-state index in [1.54, 1.807) is 0 Å². The van der Waals surface area contributed by atoms with Crippen molar-refractivity contribution in [1.29, 1.82) is 0 Å². The molecule has 0 aromatic heterocycles. The summed E-state index contributed by atoms with van der Waals surface area (Å²) in [6, 6.07) is 5.33. The number of hydrogen-bond acceptors (Lipinski definition) is 1. The maximum Gasteiger partial charge on any atom is 0.323 e. The van der Waals surface area contributed by atoms with E-state index in [0.717, 1.165) is 24.3 Å². The first-order chi connectivity index (χ1) is 9.45. The second-order valence-corrected chi connectivity index (χ2v) is 4.26. The van der Waals surface area contributed by atoms with Gasteiger partial charge in [-0.2, -0.15) is 0 Å². The van der Waals surface area contributed by atoms with Crippen LogP contribution in [-0.2, 0) is 0 Å². The van der Waals surface area contributed by atoms with Crippen LogP contribution in [0.2, 0.25) is 5.02 Å². The highest BCUT2D eigenvalue weighted by Crippen LogP contribution is 2.20. The van der Waals surface area contributed by atoms with E-state index in [-0.39, 0.29) is 16.4 Å². The molecule has 2 aromatic rings. The van der Waals surface area contributed by atoms with Crippen LogP contribution in [0.25, 0.3) is 0 Å². The van der Waals surface area contributed by atoms with Crippen LogP contribution >= 0.6 is 11.6 Å². The normalized spacial score (nSPS) is 10.2. The van der Waals surface area contributed by atoms with Gasteiger partial charge in [-0.1, -0.05) is 11.6 Å². The highest BCUT2D eigenvalue weighted by Gasteiger charge is 2.10. The Bertz CT molecular complexity index is 664. The van der Waals surface area contributed by atoms with E-state index >= 15 is 0 Å². The van der Waals surface area contributed by atoms with Gasteiger partial charge < -0.3 is 10.6 Å². The zero-order valence-electron chi connectivity index (χ0n) is 9.88. The average Bonchev–Trinajstić information content (AvgIpc) is 2.37. The van der Waals surface area contributed by atoms with Crippen molar-refractivity contribution in [3.8, 4) is 0 Å². The Morgan fingerprint density at radius 1 is 0.900 bits per heavy atom. The third-order valence-corrected chi connectivity index (χ3v) is 2.59. The van der Waals surface area contributed by atoms with Crippen molar-refractivity contribution in [2.45, 2.75) is 0 Å². The van der Waals surface area contributed by atoms with E-state index in [1.807, 2.05) is 0 Å². The summed E-state index contributed by atoms with van der Waals surface area (Å²) < 4.78 is 39.7. The molecule has 104 valence electrons. The van der Waals surface area contributed by atoms with Gasteiger partial charge in [0.25, 0.3) is 0 Å². The van der Waals surface area contributed by atoms with E-state index in [4.69, 9.17) is 11.6 Å². The molecule has 0 saturated carbocycles. The van der Waals surface area contributed by atoms with Crippen LogP contribution in [0.3, 0.4) is 0 Å². The molecule has 0 fully saturated rings. The maximum absolute atomic E-state index is 13.4. The molecule has 0 spiro atoms. The van der Waals surface area contributed by atoms with Crippen molar-refractivity contribution in [3.63, 3.8) is 0 Å². The zero-order chi connectivity index (χ0) is 14.7. The van der Waals surface area contributed by atoms with Gasteiger partial charge in [0.1, 0.15) is 17.5 Å². The molecular weight excluding hydrogens is 293 g/mol. The molecule has 2 amide bonds. The SMILES string of the molecule is O=C(Nc1ccc(Cl)cc1F)Nc1cc(F)ccc1F. The Hall–Kier alpha value is -2.21. The van der Waals surface area contributed by atoms with Crippen LogP contribution in [-0.4, -0.2) is 6.03 Å². The van der Waals surface area contributed by atoms with E-state index in [1.165, 1.54) is 12.1 Å². The number of rotatable bonds is 2. The van der Waals surface area contributed by atoms with Gasteiger partial charge in [-0.25, -0.2) is 18.0 Å². The minimum Gasteiger partial charge on any atom is -0.305 e. The minimum atomic E-state index is -0.907. The van der Waals surface area contributed by atoms with E-state index in [0.29, 0.717) is 0 Å². The Morgan fingerprint density at radius 2 is 1.60 bits per heavy atom. The van der Waals surface area contributed by atoms with Crippen molar-refractivity contribution in [1.82, 2.24) is 0 Å². The highest BCUT2D eigenvalue weighted by molar-refractivity contribution is 6.30. The zero-order valence-corrected chi connectivity index (χ0v) is 10.6. The summed E-state index contributed by atoms with van der Waals surface area (Å²) in [5.74, 6) is -2.26. The molecule has 2 aromatic carbocycles. The lowest BCUT2D eigenvalue weighted by atomic mass is 10.3. The van der Waals surface area contributed by atoms with Crippen molar-refractivity contribution >= 4 is 29.0 Å². The number of carbonyl (C=O) groups is 1. The van der Waals surface area contributed by atoms with Gasteiger partial charge in [0, 0.05) is 11.1 Å². The molecule has 0 bridgehead atoms. The average molecular weight is 301 g/mol. The Kier molecular flexibility index (Phi) is 4.14. The Morgan fingerprint density at radius 3 is 2.30 bits per heavy atom. The molecule has 3 nitrogen and oxygen atoms in total. The number of benzene rings is 2. The molecule has 0 unspecified atom stereocenters. The predicted octanol–water partition coefficient (Wildman–Crippen LogP) is 4.40. The number of halogens is 4. The molecule has 0 aliphatic carbocycles. The summed E-state index contributed by atoms with van der Waals surface area (Å²) in [7, 11) is 0. The summed E-state index contributed by atoms with van der Waals surface area (Å²) in [5.41, 5.74) is -0.486. The predicted molar refractivity (Wildman–Crippen MR) is 70.4 cm³/mol. The molecule has 0 atom stereocenters. The van der Waals surface area contributed by atoms with E-state index in [9.17, 15) is 18.0 Å². The number of hydrogen-bond donors (Lipinski definition) is 2. The second kappa shape index (κ2) is 5.83. The Labute approximate surface area is 117 Å². The molecule has 0 aliphatic rings. The summed E-state index contributed by atoms with van der Waals surface area (Å²) >= 11 is 5.56. The molecule has 0 heterocycles. The topological polar surface area (TPSA) is 41.1 Å². The van der Waals surface area contributed by atoms with E-state index < -0.39 is 23.5 Å². The van der Waals surface area contributed by atoms with Gasteiger partial charge in [0.2, 0.25) is 0 Å². The van der Waals surface area contributed by atoms with Crippen LogP contribution in [0.1, 0.15) is 0 Å². The van der Waals surface area contributed by atoms with Crippen LogP contribution in [0, 0.1) is 17.5 Å². The number of amides is 2. The first-order valence-electron chi connectivity index (χ1n) is 5.44. The lowest BCUT2D eigenvalue weighted by Crippen LogP contribution is -2.20. The molecule has 7 heteroatoms. The second-order valence-electron chi connectivity index (χ2n) is 3.83. The molecule has 0 radical (unpaired) electrons. The van der Waals surface area contributed by atoms with Gasteiger partial charge in [0.05, 0.1) is 11.4 Å². The molecule has 0 saturated heterocycles. The third-order valence-electron chi connectivity index (χ3n) is 2.36. The van der Waals surface area contributed by atoms with E-state index in [2.05, 4.69) is 10.6 Å². The lowest BCUT2D eigenvalue weighted by Gasteiger charge is -2.09. The van der Waals surface area contributed by atoms with Crippen LogP contribution in [0.4, 0.5) is 29.3 Å². The molecule has 20 heavy (non-hydrogen) atoms. The lowest BCUT2D eigenvalue weighted by molar-refractivity contribution is 0.262. The van der Waals surface area contributed by atoms with Crippen LogP contribution in [0.15, 0.2) is 36.4 Å². The number of anilines is 2. The number of nitrogens with one attached hydrogen (secondary N) is 2. The van der Waals surface area contributed by atoms with Gasteiger partial charge in [-0.3, -0.25) is 0 Å². The summed E-state index contributed by atoms with van der Waals surface area (Å²) in [6.07, 6.45) is 0. The fourth-order valence-electron chi connectivity index (χ4n) is 1.46. The first-order valence-corrected chi connectivity index (χ1v) is 5.81. The fraction of sp³-hybridized carbons (Fsp3) is 0. The molecule has 2 N–H and O–H groups in total. The fourth-order valence-corrected chi connectivity index (χ4v) is 1.62. The third kappa shape index (κ3) is 3.42. The van der Waals surface area contributed by atoms with Gasteiger partial charge in [-0.15, -0.1) is 0 Å². The summed E-state index contributed by atoms with van der Waals surface area (Å²) in [4.78, 5) is 11.6. The Balaban J connectivity index is 2.11. The molecular formula is C13H8ClF3N2O.